The predicted molar refractivity (Wildman–Crippen MR) is 69.5 cm³/mol. The van der Waals surface area contributed by atoms with Gasteiger partial charge in [-0.2, -0.15) is 0 Å². The SMILES string of the molecule is CC(C)(N)c1ccc(C2CCOC2)c(Br)c1. The molecule has 1 fully saturated rings. The number of hydrogen-bond acceptors (Lipinski definition) is 2. The van der Waals surface area contributed by atoms with Crippen LogP contribution < -0.4 is 5.73 Å². The highest BCUT2D eigenvalue weighted by molar-refractivity contribution is 9.10. The second kappa shape index (κ2) is 4.47. The van der Waals surface area contributed by atoms with Crippen molar-refractivity contribution in [1.82, 2.24) is 0 Å². The highest BCUT2D eigenvalue weighted by Gasteiger charge is 2.22. The highest BCUT2D eigenvalue weighted by Crippen LogP contribution is 2.33. The van der Waals surface area contributed by atoms with Crippen molar-refractivity contribution in [3.8, 4) is 0 Å². The Kier molecular flexibility index (Phi) is 3.38. The maximum absolute atomic E-state index is 6.08. The summed E-state index contributed by atoms with van der Waals surface area (Å²) in [4.78, 5) is 0. The Morgan fingerprint density at radius 2 is 2.19 bits per heavy atom. The summed E-state index contributed by atoms with van der Waals surface area (Å²) in [6, 6.07) is 6.43. The zero-order valence-electron chi connectivity index (χ0n) is 9.79. The highest BCUT2D eigenvalue weighted by atomic mass is 79.9. The summed E-state index contributed by atoms with van der Waals surface area (Å²) in [5, 5.41) is 0. The molecule has 1 aliphatic rings. The average molecular weight is 284 g/mol. The molecule has 0 spiro atoms. The van der Waals surface area contributed by atoms with Crippen LogP contribution in [0.2, 0.25) is 0 Å². The van der Waals surface area contributed by atoms with Gasteiger partial charge in [0.2, 0.25) is 0 Å². The molecule has 1 saturated heterocycles. The Bertz CT molecular complexity index is 378. The lowest BCUT2D eigenvalue weighted by Crippen LogP contribution is -2.28. The van der Waals surface area contributed by atoms with Crippen molar-refractivity contribution in [2.75, 3.05) is 13.2 Å². The van der Waals surface area contributed by atoms with Crippen molar-refractivity contribution in [3.05, 3.63) is 33.8 Å². The zero-order chi connectivity index (χ0) is 11.8. The molecule has 2 rings (SSSR count). The van der Waals surface area contributed by atoms with Crippen molar-refractivity contribution in [2.45, 2.75) is 31.7 Å². The van der Waals surface area contributed by atoms with Crippen molar-refractivity contribution in [1.29, 1.82) is 0 Å². The van der Waals surface area contributed by atoms with Crippen LogP contribution in [-0.2, 0) is 10.3 Å². The lowest BCUT2D eigenvalue weighted by molar-refractivity contribution is 0.194. The Morgan fingerprint density at radius 1 is 1.44 bits per heavy atom. The van der Waals surface area contributed by atoms with Gasteiger partial charge in [-0.05, 0) is 37.5 Å². The van der Waals surface area contributed by atoms with Gasteiger partial charge < -0.3 is 10.5 Å². The third-order valence-corrected chi connectivity index (χ3v) is 3.80. The second-order valence-electron chi connectivity index (χ2n) is 5.02. The van der Waals surface area contributed by atoms with Gasteiger partial charge in [-0.1, -0.05) is 28.1 Å². The van der Waals surface area contributed by atoms with Crippen LogP contribution in [0.5, 0.6) is 0 Å². The minimum absolute atomic E-state index is 0.284. The topological polar surface area (TPSA) is 35.2 Å². The molecule has 1 heterocycles. The maximum Gasteiger partial charge on any atom is 0.0535 e. The smallest absolute Gasteiger partial charge is 0.0535 e. The summed E-state index contributed by atoms with van der Waals surface area (Å²) in [5.41, 5.74) is 8.29. The minimum atomic E-state index is -0.284. The fourth-order valence-corrected chi connectivity index (χ4v) is 2.74. The van der Waals surface area contributed by atoms with Gasteiger partial charge in [-0.15, -0.1) is 0 Å². The van der Waals surface area contributed by atoms with E-state index in [1.54, 1.807) is 0 Å². The van der Waals surface area contributed by atoms with E-state index in [2.05, 4.69) is 34.1 Å². The van der Waals surface area contributed by atoms with E-state index in [0.717, 1.165) is 29.7 Å². The number of hydrogen-bond donors (Lipinski definition) is 1. The Hall–Kier alpha value is -0.380. The van der Waals surface area contributed by atoms with Crippen LogP contribution >= 0.6 is 15.9 Å². The summed E-state index contributed by atoms with van der Waals surface area (Å²) < 4.78 is 6.57. The molecule has 0 saturated carbocycles. The van der Waals surface area contributed by atoms with E-state index in [1.165, 1.54) is 5.56 Å². The molecule has 1 atom stereocenters. The zero-order valence-corrected chi connectivity index (χ0v) is 11.4. The van der Waals surface area contributed by atoms with Crippen molar-refractivity contribution in [3.63, 3.8) is 0 Å². The van der Waals surface area contributed by atoms with Gasteiger partial charge in [0.25, 0.3) is 0 Å². The first kappa shape index (κ1) is 12.1. The number of rotatable bonds is 2. The van der Waals surface area contributed by atoms with Gasteiger partial charge in [0.05, 0.1) is 6.61 Å². The van der Waals surface area contributed by atoms with E-state index < -0.39 is 0 Å². The van der Waals surface area contributed by atoms with Crippen LogP contribution in [0.25, 0.3) is 0 Å². The monoisotopic (exact) mass is 283 g/mol. The molecule has 1 aliphatic heterocycles. The minimum Gasteiger partial charge on any atom is -0.381 e. The van der Waals surface area contributed by atoms with E-state index in [-0.39, 0.29) is 5.54 Å². The van der Waals surface area contributed by atoms with Crippen LogP contribution in [0.4, 0.5) is 0 Å². The fourth-order valence-electron chi connectivity index (χ4n) is 2.04. The van der Waals surface area contributed by atoms with Crippen LogP contribution in [0.3, 0.4) is 0 Å². The first-order chi connectivity index (χ1) is 7.48. The molecular weight excluding hydrogens is 266 g/mol. The quantitative estimate of drug-likeness (QED) is 0.905. The first-order valence-corrected chi connectivity index (χ1v) is 6.44. The lowest BCUT2D eigenvalue weighted by Gasteiger charge is -2.21. The molecule has 1 aromatic carbocycles. The molecule has 3 heteroatoms. The second-order valence-corrected chi connectivity index (χ2v) is 5.87. The largest absolute Gasteiger partial charge is 0.381 e. The molecule has 0 bridgehead atoms. The van der Waals surface area contributed by atoms with Crippen molar-refractivity contribution in [2.24, 2.45) is 5.73 Å². The fraction of sp³-hybridized carbons (Fsp3) is 0.538. The predicted octanol–water partition coefficient (Wildman–Crippen LogP) is 3.15. The third kappa shape index (κ3) is 2.47. The van der Waals surface area contributed by atoms with Crippen LogP contribution in [-0.4, -0.2) is 13.2 Å². The number of nitrogens with two attached hydrogens (primary N) is 1. The molecule has 1 aromatic rings. The Labute approximate surface area is 105 Å². The summed E-state index contributed by atoms with van der Waals surface area (Å²) in [7, 11) is 0. The van der Waals surface area contributed by atoms with Gasteiger partial charge in [0.15, 0.2) is 0 Å². The van der Waals surface area contributed by atoms with E-state index in [0.29, 0.717) is 5.92 Å². The molecule has 2 nitrogen and oxygen atoms in total. The van der Waals surface area contributed by atoms with Gasteiger partial charge >= 0.3 is 0 Å². The van der Waals surface area contributed by atoms with E-state index in [4.69, 9.17) is 10.5 Å². The molecule has 0 aliphatic carbocycles. The van der Waals surface area contributed by atoms with Crippen molar-refractivity contribution < 1.29 is 4.74 Å². The summed E-state index contributed by atoms with van der Waals surface area (Å²) in [6.45, 7) is 5.76. The summed E-state index contributed by atoms with van der Waals surface area (Å²) in [5.74, 6) is 0.532. The molecular formula is C13H18BrNO. The lowest BCUT2D eigenvalue weighted by atomic mass is 9.91. The molecule has 0 amide bonds. The van der Waals surface area contributed by atoms with E-state index >= 15 is 0 Å². The number of benzene rings is 1. The first-order valence-electron chi connectivity index (χ1n) is 5.65. The maximum atomic E-state index is 6.08. The van der Waals surface area contributed by atoms with Crippen LogP contribution in [0, 0.1) is 0 Å². The van der Waals surface area contributed by atoms with Crippen LogP contribution in [0.15, 0.2) is 22.7 Å². The summed E-state index contributed by atoms with van der Waals surface area (Å²) in [6.07, 6.45) is 1.12. The van der Waals surface area contributed by atoms with E-state index in [9.17, 15) is 0 Å². The van der Waals surface area contributed by atoms with E-state index in [1.807, 2.05) is 13.8 Å². The Balaban J connectivity index is 2.29. The van der Waals surface area contributed by atoms with Gasteiger partial charge in [-0.3, -0.25) is 0 Å². The number of halogens is 1. The van der Waals surface area contributed by atoms with Gasteiger partial charge in [-0.25, -0.2) is 0 Å². The third-order valence-electron chi connectivity index (χ3n) is 3.11. The summed E-state index contributed by atoms with van der Waals surface area (Å²) >= 11 is 3.64. The standard InChI is InChI=1S/C13H18BrNO/c1-13(2,15)10-3-4-11(12(14)7-10)9-5-6-16-8-9/h3-4,7,9H,5-6,8,15H2,1-2H3. The molecule has 1 unspecified atom stereocenters. The van der Waals surface area contributed by atoms with Crippen LogP contribution in [0.1, 0.15) is 37.3 Å². The van der Waals surface area contributed by atoms with Gasteiger partial charge in [0.1, 0.15) is 0 Å². The number of ether oxygens (including phenoxy) is 1. The Morgan fingerprint density at radius 3 is 2.69 bits per heavy atom. The van der Waals surface area contributed by atoms with Crippen molar-refractivity contribution >= 4 is 15.9 Å². The normalized spacial score (nSPS) is 21.4. The average Bonchev–Trinajstić information content (AvgIpc) is 2.69. The molecule has 0 aromatic heterocycles. The molecule has 0 radical (unpaired) electrons. The van der Waals surface area contributed by atoms with Gasteiger partial charge in [0, 0.05) is 22.5 Å². The molecule has 88 valence electrons. The molecule has 16 heavy (non-hydrogen) atoms. The molecule has 2 N–H and O–H groups in total.